The lowest BCUT2D eigenvalue weighted by atomic mass is 9.99. The number of amides is 1. The van der Waals surface area contributed by atoms with Crippen molar-refractivity contribution in [3.63, 3.8) is 0 Å². The number of carbonyl (C=O) groups excluding carboxylic acids is 1. The molecule has 3 rings (SSSR count). The molecule has 1 N–H and O–H groups in total. The summed E-state index contributed by atoms with van der Waals surface area (Å²) in [5.74, 6) is 2.10. The van der Waals surface area contributed by atoms with E-state index in [0.717, 1.165) is 37.3 Å². The summed E-state index contributed by atoms with van der Waals surface area (Å²) in [5.41, 5.74) is 2.12. The largest absolute Gasteiger partial charge is 0.497 e. The van der Waals surface area contributed by atoms with Gasteiger partial charge in [0, 0.05) is 25.4 Å². The SMILES string of the molecule is COc1ccc(Nc2cncc(C(=O)N3CCC(C)CC3)c2)c(OC)c1. The van der Waals surface area contributed by atoms with Gasteiger partial charge in [0.15, 0.2) is 0 Å². The number of hydrogen-bond donors (Lipinski definition) is 1. The van der Waals surface area contributed by atoms with Crippen LogP contribution in [0.5, 0.6) is 11.5 Å². The molecule has 1 fully saturated rings. The van der Waals surface area contributed by atoms with Crippen LogP contribution in [-0.4, -0.2) is 43.1 Å². The third-order valence-corrected chi connectivity index (χ3v) is 4.74. The minimum atomic E-state index is 0.0368. The minimum absolute atomic E-state index is 0.0368. The molecule has 6 heteroatoms. The summed E-state index contributed by atoms with van der Waals surface area (Å²) in [4.78, 5) is 18.9. The second kappa shape index (κ2) is 8.08. The molecule has 0 bridgehead atoms. The first-order valence-corrected chi connectivity index (χ1v) is 8.84. The summed E-state index contributed by atoms with van der Waals surface area (Å²) >= 11 is 0. The summed E-state index contributed by atoms with van der Waals surface area (Å²) in [5, 5.41) is 3.27. The van der Waals surface area contributed by atoms with Crippen LogP contribution >= 0.6 is 0 Å². The molecule has 2 heterocycles. The van der Waals surface area contributed by atoms with E-state index in [1.165, 1.54) is 0 Å². The topological polar surface area (TPSA) is 63.7 Å². The summed E-state index contributed by atoms with van der Waals surface area (Å²) in [6.07, 6.45) is 5.43. The summed E-state index contributed by atoms with van der Waals surface area (Å²) in [6.45, 7) is 3.85. The molecule has 1 aliphatic heterocycles. The highest BCUT2D eigenvalue weighted by Crippen LogP contribution is 2.31. The molecule has 26 heavy (non-hydrogen) atoms. The maximum Gasteiger partial charge on any atom is 0.255 e. The number of piperidine rings is 1. The van der Waals surface area contributed by atoms with Gasteiger partial charge < -0.3 is 19.7 Å². The van der Waals surface area contributed by atoms with Gasteiger partial charge in [0.1, 0.15) is 11.5 Å². The van der Waals surface area contributed by atoms with E-state index in [4.69, 9.17) is 9.47 Å². The monoisotopic (exact) mass is 355 g/mol. The second-order valence-corrected chi connectivity index (χ2v) is 6.63. The standard InChI is InChI=1S/C20H25N3O3/c1-14-6-8-23(9-7-14)20(24)15-10-16(13-21-12-15)22-18-5-4-17(25-2)11-19(18)26-3/h4-5,10-14,22H,6-9H2,1-3H3. The smallest absolute Gasteiger partial charge is 0.255 e. The van der Waals surface area contributed by atoms with Gasteiger partial charge in [-0.3, -0.25) is 9.78 Å². The van der Waals surface area contributed by atoms with Crippen LogP contribution in [0.1, 0.15) is 30.1 Å². The van der Waals surface area contributed by atoms with E-state index in [-0.39, 0.29) is 5.91 Å². The number of hydrogen-bond acceptors (Lipinski definition) is 5. The van der Waals surface area contributed by atoms with E-state index < -0.39 is 0 Å². The first-order chi connectivity index (χ1) is 12.6. The molecule has 2 aromatic rings. The number of methoxy groups -OCH3 is 2. The Morgan fingerprint density at radius 3 is 2.62 bits per heavy atom. The van der Waals surface area contributed by atoms with Crippen LogP contribution in [0.15, 0.2) is 36.7 Å². The van der Waals surface area contributed by atoms with Gasteiger partial charge in [-0.05, 0) is 37.0 Å². The normalized spacial score (nSPS) is 14.8. The Kier molecular flexibility index (Phi) is 5.61. The average molecular weight is 355 g/mol. The van der Waals surface area contributed by atoms with Gasteiger partial charge in [-0.25, -0.2) is 0 Å². The molecule has 0 radical (unpaired) electrons. The third-order valence-electron chi connectivity index (χ3n) is 4.74. The summed E-state index contributed by atoms with van der Waals surface area (Å²) in [6, 6.07) is 7.36. The van der Waals surface area contributed by atoms with Gasteiger partial charge in [0.05, 0.1) is 37.4 Å². The number of carbonyl (C=O) groups is 1. The molecule has 0 aliphatic carbocycles. The number of pyridine rings is 1. The predicted octanol–water partition coefficient (Wildman–Crippen LogP) is 3.71. The first kappa shape index (κ1) is 18.0. The number of anilines is 2. The van der Waals surface area contributed by atoms with Crippen molar-refractivity contribution in [2.75, 3.05) is 32.6 Å². The number of rotatable bonds is 5. The molecule has 1 aromatic heterocycles. The zero-order chi connectivity index (χ0) is 18.5. The van der Waals surface area contributed by atoms with Gasteiger partial charge in [0.25, 0.3) is 5.91 Å². The van der Waals surface area contributed by atoms with Crippen molar-refractivity contribution >= 4 is 17.3 Å². The van der Waals surface area contributed by atoms with E-state index in [0.29, 0.717) is 23.0 Å². The number of nitrogens with zero attached hydrogens (tertiary/aromatic N) is 2. The van der Waals surface area contributed by atoms with Gasteiger partial charge in [-0.2, -0.15) is 0 Å². The van der Waals surface area contributed by atoms with Crippen molar-refractivity contribution < 1.29 is 14.3 Å². The predicted molar refractivity (Wildman–Crippen MR) is 101 cm³/mol. The van der Waals surface area contributed by atoms with E-state index in [2.05, 4.69) is 17.2 Å². The van der Waals surface area contributed by atoms with Crippen LogP contribution in [0.25, 0.3) is 0 Å². The first-order valence-electron chi connectivity index (χ1n) is 8.84. The van der Waals surface area contributed by atoms with Crippen molar-refractivity contribution in [3.8, 4) is 11.5 Å². The molecule has 1 aliphatic rings. The van der Waals surface area contributed by atoms with Crippen LogP contribution in [0.2, 0.25) is 0 Å². The maximum absolute atomic E-state index is 12.7. The van der Waals surface area contributed by atoms with Crippen LogP contribution < -0.4 is 14.8 Å². The Bertz CT molecular complexity index is 771. The highest BCUT2D eigenvalue weighted by Gasteiger charge is 2.21. The Morgan fingerprint density at radius 1 is 1.15 bits per heavy atom. The number of aromatic nitrogens is 1. The molecular formula is C20H25N3O3. The molecule has 1 aromatic carbocycles. The Labute approximate surface area is 154 Å². The summed E-state index contributed by atoms with van der Waals surface area (Å²) < 4.78 is 10.6. The zero-order valence-electron chi connectivity index (χ0n) is 15.5. The number of likely N-dealkylation sites (tertiary alicyclic amines) is 1. The number of nitrogens with one attached hydrogen (secondary N) is 1. The fourth-order valence-corrected chi connectivity index (χ4v) is 3.08. The number of ether oxygens (including phenoxy) is 2. The molecule has 138 valence electrons. The van der Waals surface area contributed by atoms with Gasteiger partial charge in [0.2, 0.25) is 0 Å². The van der Waals surface area contributed by atoms with Gasteiger partial charge in [-0.1, -0.05) is 6.92 Å². The summed E-state index contributed by atoms with van der Waals surface area (Å²) in [7, 11) is 3.22. The molecule has 6 nitrogen and oxygen atoms in total. The molecule has 0 atom stereocenters. The quantitative estimate of drug-likeness (QED) is 0.886. The third kappa shape index (κ3) is 4.07. The van der Waals surface area contributed by atoms with E-state index in [1.54, 1.807) is 32.7 Å². The van der Waals surface area contributed by atoms with Crippen molar-refractivity contribution in [2.45, 2.75) is 19.8 Å². The van der Waals surface area contributed by atoms with Crippen LogP contribution in [0.3, 0.4) is 0 Å². The highest BCUT2D eigenvalue weighted by molar-refractivity contribution is 5.95. The van der Waals surface area contributed by atoms with E-state index >= 15 is 0 Å². The molecule has 1 amide bonds. The van der Waals surface area contributed by atoms with E-state index in [9.17, 15) is 4.79 Å². The van der Waals surface area contributed by atoms with Gasteiger partial charge in [-0.15, -0.1) is 0 Å². The number of benzene rings is 1. The Balaban J connectivity index is 1.76. The lowest BCUT2D eigenvalue weighted by Gasteiger charge is -2.30. The average Bonchev–Trinajstić information content (AvgIpc) is 2.68. The molecule has 0 spiro atoms. The zero-order valence-corrected chi connectivity index (χ0v) is 15.5. The Hall–Kier alpha value is -2.76. The van der Waals surface area contributed by atoms with Gasteiger partial charge >= 0.3 is 0 Å². The lowest BCUT2D eigenvalue weighted by Crippen LogP contribution is -2.37. The van der Waals surface area contributed by atoms with Crippen LogP contribution in [0.4, 0.5) is 11.4 Å². The fourth-order valence-electron chi connectivity index (χ4n) is 3.08. The molecule has 0 unspecified atom stereocenters. The Morgan fingerprint density at radius 2 is 1.92 bits per heavy atom. The molecular weight excluding hydrogens is 330 g/mol. The van der Waals surface area contributed by atoms with Crippen molar-refractivity contribution in [2.24, 2.45) is 5.92 Å². The fraction of sp³-hybridized carbons (Fsp3) is 0.400. The lowest BCUT2D eigenvalue weighted by molar-refractivity contribution is 0.0697. The molecule has 0 saturated carbocycles. The highest BCUT2D eigenvalue weighted by atomic mass is 16.5. The van der Waals surface area contributed by atoms with Crippen LogP contribution in [0, 0.1) is 5.92 Å². The van der Waals surface area contributed by atoms with Crippen molar-refractivity contribution in [1.29, 1.82) is 0 Å². The van der Waals surface area contributed by atoms with Crippen molar-refractivity contribution in [1.82, 2.24) is 9.88 Å². The maximum atomic E-state index is 12.7. The minimum Gasteiger partial charge on any atom is -0.497 e. The second-order valence-electron chi connectivity index (χ2n) is 6.63. The molecule has 1 saturated heterocycles. The van der Waals surface area contributed by atoms with E-state index in [1.807, 2.05) is 23.1 Å². The van der Waals surface area contributed by atoms with Crippen LogP contribution in [-0.2, 0) is 0 Å². The van der Waals surface area contributed by atoms with Crippen molar-refractivity contribution in [3.05, 3.63) is 42.2 Å².